The molecule has 116 valence electrons. The van der Waals surface area contributed by atoms with Gasteiger partial charge in [0, 0.05) is 10.6 Å². The molecule has 1 N–H and O–H groups in total. The Morgan fingerprint density at radius 2 is 2.09 bits per heavy atom. The monoisotopic (exact) mass is 346 g/mol. The quantitative estimate of drug-likeness (QED) is 0.754. The lowest BCUT2D eigenvalue weighted by Gasteiger charge is -2.02. The number of thiazole rings is 1. The van der Waals surface area contributed by atoms with Crippen LogP contribution in [0.25, 0.3) is 10.2 Å². The fourth-order valence-electron chi connectivity index (χ4n) is 2.41. The van der Waals surface area contributed by atoms with Crippen LogP contribution in [0, 0.1) is 6.92 Å². The Hall–Kier alpha value is -2.31. The van der Waals surface area contributed by atoms with Crippen molar-refractivity contribution in [1.29, 1.82) is 0 Å². The summed E-state index contributed by atoms with van der Waals surface area (Å²) in [6.07, 6.45) is 0. The van der Waals surface area contributed by atoms with Crippen LogP contribution in [0.1, 0.15) is 15.9 Å². The summed E-state index contributed by atoms with van der Waals surface area (Å²) in [6.45, 7) is 2.12. The minimum atomic E-state index is -0.244. The average Bonchev–Trinajstić information content (AvgIpc) is 3.12. The van der Waals surface area contributed by atoms with Crippen molar-refractivity contribution in [1.82, 2.24) is 4.98 Å². The van der Waals surface area contributed by atoms with Crippen molar-refractivity contribution in [2.75, 3.05) is 12.1 Å². The molecule has 0 atom stereocenters. The minimum absolute atomic E-state index is 0.179. The van der Waals surface area contributed by atoms with Gasteiger partial charge in [-0.25, -0.2) is 4.98 Å². The normalized spacial score (nSPS) is 12.6. The summed E-state index contributed by atoms with van der Waals surface area (Å²) in [4.78, 5) is 16.8. The summed E-state index contributed by atoms with van der Waals surface area (Å²) in [5, 5.41) is 4.01. The SMILES string of the molecule is Cc1cc(Cl)cc2sc(NC(=O)c3ccc4c(c3)OCO4)nc12. The summed E-state index contributed by atoms with van der Waals surface area (Å²) in [7, 11) is 0. The Kier molecular flexibility index (Phi) is 3.36. The molecule has 2 aromatic carbocycles. The third-order valence-corrected chi connectivity index (χ3v) is 4.64. The Morgan fingerprint density at radius 3 is 2.96 bits per heavy atom. The van der Waals surface area contributed by atoms with E-state index in [9.17, 15) is 4.79 Å². The van der Waals surface area contributed by atoms with Crippen molar-refractivity contribution >= 4 is 44.2 Å². The largest absolute Gasteiger partial charge is 0.454 e. The van der Waals surface area contributed by atoms with Gasteiger partial charge in [-0.05, 0) is 42.8 Å². The van der Waals surface area contributed by atoms with Crippen LogP contribution in [0.4, 0.5) is 5.13 Å². The number of aromatic nitrogens is 1. The van der Waals surface area contributed by atoms with Gasteiger partial charge in [-0.15, -0.1) is 0 Å². The maximum Gasteiger partial charge on any atom is 0.257 e. The number of benzene rings is 2. The number of carbonyl (C=O) groups excluding carboxylic acids is 1. The number of hydrogen-bond donors (Lipinski definition) is 1. The highest BCUT2D eigenvalue weighted by Gasteiger charge is 2.17. The van der Waals surface area contributed by atoms with E-state index >= 15 is 0 Å². The fraction of sp³-hybridized carbons (Fsp3) is 0.125. The molecule has 1 aromatic heterocycles. The van der Waals surface area contributed by atoms with Crippen LogP contribution in [-0.2, 0) is 0 Å². The number of aryl methyl sites for hydroxylation is 1. The van der Waals surface area contributed by atoms with Crippen LogP contribution >= 0.6 is 22.9 Å². The van der Waals surface area contributed by atoms with E-state index in [2.05, 4.69) is 10.3 Å². The number of carbonyl (C=O) groups is 1. The first kappa shape index (κ1) is 14.3. The first-order valence-electron chi connectivity index (χ1n) is 6.88. The first-order valence-corrected chi connectivity index (χ1v) is 8.07. The van der Waals surface area contributed by atoms with Crippen LogP contribution in [0.15, 0.2) is 30.3 Å². The highest BCUT2D eigenvalue weighted by molar-refractivity contribution is 7.22. The molecule has 0 bridgehead atoms. The third kappa shape index (κ3) is 2.60. The molecular weight excluding hydrogens is 336 g/mol. The molecule has 0 saturated carbocycles. The molecule has 0 aliphatic carbocycles. The summed E-state index contributed by atoms with van der Waals surface area (Å²) in [5.41, 5.74) is 2.32. The van der Waals surface area contributed by atoms with Crippen molar-refractivity contribution in [3.8, 4) is 11.5 Å². The van der Waals surface area contributed by atoms with E-state index in [1.54, 1.807) is 18.2 Å². The van der Waals surface area contributed by atoms with E-state index in [0.29, 0.717) is 27.2 Å². The number of anilines is 1. The van der Waals surface area contributed by atoms with Gasteiger partial charge < -0.3 is 9.47 Å². The maximum atomic E-state index is 12.4. The molecular formula is C16H11ClN2O3S. The predicted octanol–water partition coefficient (Wildman–Crippen LogP) is 4.24. The second-order valence-electron chi connectivity index (χ2n) is 5.11. The highest BCUT2D eigenvalue weighted by Crippen LogP contribution is 2.34. The van der Waals surface area contributed by atoms with Crippen molar-refractivity contribution in [3.63, 3.8) is 0 Å². The zero-order chi connectivity index (χ0) is 16.0. The second-order valence-corrected chi connectivity index (χ2v) is 6.58. The van der Waals surface area contributed by atoms with Gasteiger partial charge in [-0.3, -0.25) is 10.1 Å². The van der Waals surface area contributed by atoms with Gasteiger partial charge in [0.25, 0.3) is 5.91 Å². The lowest BCUT2D eigenvalue weighted by atomic mass is 10.2. The van der Waals surface area contributed by atoms with Crippen LogP contribution in [0.2, 0.25) is 5.02 Å². The molecule has 1 amide bonds. The molecule has 5 nitrogen and oxygen atoms in total. The van der Waals surface area contributed by atoms with Crippen molar-refractivity contribution in [2.24, 2.45) is 0 Å². The predicted molar refractivity (Wildman–Crippen MR) is 89.9 cm³/mol. The van der Waals surface area contributed by atoms with Crippen LogP contribution in [0.5, 0.6) is 11.5 Å². The van der Waals surface area contributed by atoms with Crippen LogP contribution < -0.4 is 14.8 Å². The summed E-state index contributed by atoms with van der Waals surface area (Å²) in [6, 6.07) is 8.77. The number of ether oxygens (including phenoxy) is 2. The van der Waals surface area contributed by atoms with Gasteiger partial charge in [-0.1, -0.05) is 22.9 Å². The Morgan fingerprint density at radius 1 is 1.26 bits per heavy atom. The van der Waals surface area contributed by atoms with Crippen LogP contribution in [0.3, 0.4) is 0 Å². The number of nitrogens with zero attached hydrogens (tertiary/aromatic N) is 1. The highest BCUT2D eigenvalue weighted by atomic mass is 35.5. The lowest BCUT2D eigenvalue weighted by Crippen LogP contribution is -2.11. The molecule has 23 heavy (non-hydrogen) atoms. The van der Waals surface area contributed by atoms with E-state index in [1.807, 2.05) is 19.1 Å². The standard InChI is InChI=1S/C16H11ClN2O3S/c1-8-4-10(17)6-13-14(8)18-16(23-13)19-15(20)9-2-3-11-12(5-9)22-7-21-11/h2-6H,7H2,1H3,(H,18,19,20). The molecule has 4 rings (SSSR count). The van der Waals surface area contributed by atoms with Gasteiger partial charge in [-0.2, -0.15) is 0 Å². The summed E-state index contributed by atoms with van der Waals surface area (Å²) < 4.78 is 11.5. The molecule has 1 aliphatic heterocycles. The van der Waals surface area contributed by atoms with E-state index in [-0.39, 0.29) is 12.7 Å². The van der Waals surface area contributed by atoms with Crippen molar-refractivity contribution in [2.45, 2.75) is 6.92 Å². The summed E-state index contributed by atoms with van der Waals surface area (Å²) >= 11 is 7.45. The molecule has 0 saturated heterocycles. The van der Waals surface area contributed by atoms with Gasteiger partial charge >= 0.3 is 0 Å². The molecule has 0 fully saturated rings. The Labute approximate surface area is 140 Å². The molecule has 0 spiro atoms. The number of hydrogen-bond acceptors (Lipinski definition) is 5. The molecule has 1 aliphatic rings. The molecule has 3 aromatic rings. The lowest BCUT2D eigenvalue weighted by molar-refractivity contribution is 0.102. The Balaban J connectivity index is 1.62. The number of rotatable bonds is 2. The Bertz CT molecular complexity index is 938. The zero-order valence-electron chi connectivity index (χ0n) is 12.1. The van der Waals surface area contributed by atoms with Crippen molar-refractivity contribution in [3.05, 3.63) is 46.5 Å². The molecule has 0 radical (unpaired) electrons. The molecule has 0 unspecified atom stereocenters. The average molecular weight is 347 g/mol. The molecule has 7 heteroatoms. The number of nitrogens with one attached hydrogen (secondary N) is 1. The van der Waals surface area contributed by atoms with Crippen LogP contribution in [-0.4, -0.2) is 17.7 Å². The fourth-order valence-corrected chi connectivity index (χ4v) is 3.73. The number of amides is 1. The van der Waals surface area contributed by atoms with Gasteiger partial charge in [0.2, 0.25) is 6.79 Å². The van der Waals surface area contributed by atoms with Gasteiger partial charge in [0.1, 0.15) is 0 Å². The van der Waals surface area contributed by atoms with Gasteiger partial charge in [0.05, 0.1) is 10.2 Å². The smallest absolute Gasteiger partial charge is 0.257 e. The number of fused-ring (bicyclic) bond motifs is 2. The second kappa shape index (κ2) is 5.40. The van der Waals surface area contributed by atoms with Crippen molar-refractivity contribution < 1.29 is 14.3 Å². The van der Waals surface area contributed by atoms with E-state index < -0.39 is 0 Å². The minimum Gasteiger partial charge on any atom is -0.454 e. The maximum absolute atomic E-state index is 12.4. The van der Waals surface area contributed by atoms with E-state index in [4.69, 9.17) is 21.1 Å². The third-order valence-electron chi connectivity index (χ3n) is 3.51. The van der Waals surface area contributed by atoms with Gasteiger partial charge in [0.15, 0.2) is 16.6 Å². The number of halogens is 1. The van der Waals surface area contributed by atoms with E-state index in [1.165, 1.54) is 11.3 Å². The first-order chi connectivity index (χ1) is 11.1. The molecule has 2 heterocycles. The summed E-state index contributed by atoms with van der Waals surface area (Å²) in [5.74, 6) is 0.975. The van der Waals surface area contributed by atoms with E-state index in [0.717, 1.165) is 15.8 Å². The topological polar surface area (TPSA) is 60.5 Å². The zero-order valence-corrected chi connectivity index (χ0v) is 13.6.